The molecule has 0 aliphatic carbocycles. The van der Waals surface area contributed by atoms with E-state index >= 15 is 0 Å². The first-order chi connectivity index (χ1) is 12.7. The van der Waals surface area contributed by atoms with Gasteiger partial charge >= 0.3 is 15.6 Å². The van der Waals surface area contributed by atoms with Crippen LogP contribution in [0.15, 0.2) is 66.7 Å². The highest BCUT2D eigenvalue weighted by Gasteiger charge is 2.48. The summed E-state index contributed by atoms with van der Waals surface area (Å²) in [5, 5.41) is 3.74. The molecule has 3 aromatic carbocycles. The van der Waals surface area contributed by atoms with E-state index in [2.05, 4.69) is 9.50 Å². The van der Waals surface area contributed by atoms with E-state index in [4.69, 9.17) is 0 Å². The van der Waals surface area contributed by atoms with E-state index in [1.807, 2.05) is 0 Å². The summed E-state index contributed by atoms with van der Waals surface area (Å²) in [5.74, 6) is -0.771. The van der Waals surface area contributed by atoms with Gasteiger partial charge in [0, 0.05) is 11.3 Å². The molecule has 0 bridgehead atoms. The number of hydrogen-bond acceptors (Lipinski definition) is 4. The fourth-order valence-electron chi connectivity index (χ4n) is 2.32. The van der Waals surface area contributed by atoms with Crippen molar-refractivity contribution >= 4 is 32.5 Å². The number of alkyl halides is 3. The molecule has 0 aliphatic heterocycles. The number of fused-ring (bicyclic) bond motifs is 1. The minimum Gasteiger partial charge on any atom is -0.376 e. The molecular weight excluding hydrogens is 383 g/mol. The lowest BCUT2D eigenvalue weighted by Crippen LogP contribution is -2.28. The van der Waals surface area contributed by atoms with Crippen molar-refractivity contribution in [3.05, 3.63) is 72.3 Å². The minimum absolute atomic E-state index is 0.314. The number of rotatable bonds is 4. The van der Waals surface area contributed by atoms with Crippen molar-refractivity contribution in [1.82, 2.24) is 0 Å². The Labute approximate surface area is 152 Å². The van der Waals surface area contributed by atoms with Crippen molar-refractivity contribution in [1.29, 1.82) is 0 Å². The fraction of sp³-hybridized carbons (Fsp3) is 0.0556. The van der Waals surface area contributed by atoms with Crippen molar-refractivity contribution in [3.8, 4) is 5.75 Å². The van der Waals surface area contributed by atoms with Crippen LogP contribution in [0.4, 0.5) is 18.9 Å². The number of anilines is 1. The molecule has 3 aromatic rings. The molecule has 0 radical (unpaired) electrons. The molecular formula is C18H12F3NO4S. The number of amides is 1. The summed E-state index contributed by atoms with van der Waals surface area (Å²) in [4.78, 5) is 12.2. The summed E-state index contributed by atoms with van der Waals surface area (Å²) in [6.07, 6.45) is 0. The van der Waals surface area contributed by atoms with Crippen LogP contribution in [-0.4, -0.2) is 19.8 Å². The highest BCUT2D eigenvalue weighted by Crippen LogP contribution is 2.29. The molecule has 0 spiro atoms. The van der Waals surface area contributed by atoms with Gasteiger partial charge in [0.05, 0.1) is 0 Å². The second-order valence-corrected chi connectivity index (χ2v) is 7.06. The molecule has 0 heterocycles. The van der Waals surface area contributed by atoms with E-state index in [0.717, 1.165) is 6.07 Å². The van der Waals surface area contributed by atoms with E-state index in [0.29, 0.717) is 22.0 Å². The van der Waals surface area contributed by atoms with E-state index in [1.165, 1.54) is 18.2 Å². The second kappa shape index (κ2) is 6.92. The Balaban J connectivity index is 1.82. The van der Waals surface area contributed by atoms with Crippen LogP contribution in [0.5, 0.6) is 5.75 Å². The van der Waals surface area contributed by atoms with Crippen molar-refractivity contribution in [2.24, 2.45) is 0 Å². The number of nitrogens with one attached hydrogen (secondary N) is 1. The van der Waals surface area contributed by atoms with Crippen LogP contribution >= 0.6 is 0 Å². The normalized spacial score (nSPS) is 12.0. The van der Waals surface area contributed by atoms with Crippen LogP contribution in [0.1, 0.15) is 10.4 Å². The molecule has 0 aromatic heterocycles. The van der Waals surface area contributed by atoms with Crippen LogP contribution in [0.2, 0.25) is 0 Å². The van der Waals surface area contributed by atoms with Gasteiger partial charge < -0.3 is 9.50 Å². The van der Waals surface area contributed by atoms with Gasteiger partial charge in [0.15, 0.2) is 0 Å². The number of carbonyl (C=O) groups excluding carboxylic acids is 1. The average molecular weight is 395 g/mol. The maximum absolute atomic E-state index is 12.4. The molecule has 1 amide bonds. The van der Waals surface area contributed by atoms with Crippen LogP contribution in [0, 0.1) is 0 Å². The molecule has 0 aliphatic rings. The summed E-state index contributed by atoms with van der Waals surface area (Å²) in [7, 11) is -5.73. The van der Waals surface area contributed by atoms with Crippen LogP contribution < -0.4 is 9.50 Å². The minimum atomic E-state index is -5.73. The van der Waals surface area contributed by atoms with Gasteiger partial charge in [0.2, 0.25) is 0 Å². The monoisotopic (exact) mass is 395 g/mol. The van der Waals surface area contributed by atoms with Gasteiger partial charge in [-0.25, -0.2) is 0 Å². The fourth-order valence-corrected chi connectivity index (χ4v) is 2.77. The van der Waals surface area contributed by atoms with Crippen molar-refractivity contribution in [2.45, 2.75) is 5.51 Å². The highest BCUT2D eigenvalue weighted by atomic mass is 32.2. The molecule has 0 saturated heterocycles. The largest absolute Gasteiger partial charge is 0.534 e. The predicted molar refractivity (Wildman–Crippen MR) is 93.9 cm³/mol. The lowest BCUT2D eigenvalue weighted by Gasteiger charge is -2.11. The van der Waals surface area contributed by atoms with Crippen LogP contribution in [-0.2, 0) is 10.1 Å². The Hall–Kier alpha value is -3.07. The van der Waals surface area contributed by atoms with Gasteiger partial charge in [-0.1, -0.05) is 30.3 Å². The molecule has 0 atom stereocenters. The summed E-state index contributed by atoms with van der Waals surface area (Å²) in [6, 6.07) is 16.9. The van der Waals surface area contributed by atoms with Gasteiger partial charge in [0.25, 0.3) is 5.91 Å². The molecule has 140 valence electrons. The first-order valence-corrected chi connectivity index (χ1v) is 8.97. The van der Waals surface area contributed by atoms with E-state index in [9.17, 15) is 26.4 Å². The Morgan fingerprint density at radius 3 is 2.19 bits per heavy atom. The molecule has 9 heteroatoms. The maximum atomic E-state index is 12.4. The molecule has 3 rings (SSSR count). The van der Waals surface area contributed by atoms with E-state index in [1.54, 1.807) is 42.5 Å². The lowest BCUT2D eigenvalue weighted by atomic mass is 10.1. The third-order valence-corrected chi connectivity index (χ3v) is 4.57. The van der Waals surface area contributed by atoms with Crippen LogP contribution in [0.25, 0.3) is 10.8 Å². The SMILES string of the molecule is O=C(Nc1ccc2cc(OS(=O)(=O)C(F)(F)F)ccc2c1)c1ccccc1. The summed E-state index contributed by atoms with van der Waals surface area (Å²) >= 11 is 0. The van der Waals surface area contributed by atoms with E-state index < -0.39 is 21.4 Å². The topological polar surface area (TPSA) is 72.5 Å². The van der Waals surface area contributed by atoms with Gasteiger partial charge in [-0.05, 0) is 47.2 Å². The van der Waals surface area contributed by atoms with Gasteiger partial charge in [-0.3, -0.25) is 4.79 Å². The Morgan fingerprint density at radius 1 is 0.889 bits per heavy atom. The summed E-state index contributed by atoms with van der Waals surface area (Å²) in [5.41, 5.74) is -4.56. The summed E-state index contributed by atoms with van der Waals surface area (Å²) in [6.45, 7) is 0. The Kier molecular flexibility index (Phi) is 4.79. The molecule has 5 nitrogen and oxygen atoms in total. The predicted octanol–water partition coefficient (Wildman–Crippen LogP) is 4.32. The van der Waals surface area contributed by atoms with Crippen molar-refractivity contribution in [2.75, 3.05) is 5.32 Å². The molecule has 27 heavy (non-hydrogen) atoms. The van der Waals surface area contributed by atoms with Gasteiger partial charge in [-0.2, -0.15) is 21.6 Å². The lowest BCUT2D eigenvalue weighted by molar-refractivity contribution is -0.0500. The molecule has 0 unspecified atom stereocenters. The molecule has 1 N–H and O–H groups in total. The smallest absolute Gasteiger partial charge is 0.376 e. The Bertz CT molecular complexity index is 1100. The first kappa shape index (κ1) is 18.7. The first-order valence-electron chi connectivity index (χ1n) is 7.57. The average Bonchev–Trinajstić information content (AvgIpc) is 2.61. The number of carbonyl (C=O) groups is 1. The third kappa shape index (κ3) is 4.20. The zero-order chi connectivity index (χ0) is 19.7. The molecule has 0 fully saturated rings. The standard InChI is InChI=1S/C18H12F3NO4S/c19-18(20,21)27(24,25)26-16-9-7-13-10-15(8-6-14(13)11-16)22-17(23)12-4-2-1-3-5-12/h1-11H,(H,22,23). The second-order valence-electron chi connectivity index (χ2n) is 5.53. The quantitative estimate of drug-likeness (QED) is 0.528. The third-order valence-electron chi connectivity index (χ3n) is 3.59. The van der Waals surface area contributed by atoms with Crippen molar-refractivity contribution < 1.29 is 30.6 Å². The van der Waals surface area contributed by atoms with E-state index in [-0.39, 0.29) is 5.91 Å². The van der Waals surface area contributed by atoms with Crippen LogP contribution in [0.3, 0.4) is 0 Å². The Morgan fingerprint density at radius 2 is 1.52 bits per heavy atom. The van der Waals surface area contributed by atoms with Gasteiger partial charge in [0.1, 0.15) is 5.75 Å². The number of benzene rings is 3. The molecule has 0 saturated carbocycles. The zero-order valence-corrected chi connectivity index (χ0v) is 14.3. The highest BCUT2D eigenvalue weighted by molar-refractivity contribution is 7.88. The number of halogens is 3. The maximum Gasteiger partial charge on any atom is 0.534 e. The summed E-state index contributed by atoms with van der Waals surface area (Å²) < 4.78 is 63.4. The number of hydrogen-bond donors (Lipinski definition) is 1. The van der Waals surface area contributed by atoms with Crippen molar-refractivity contribution in [3.63, 3.8) is 0 Å². The van der Waals surface area contributed by atoms with Gasteiger partial charge in [-0.15, -0.1) is 0 Å². The zero-order valence-electron chi connectivity index (χ0n) is 13.5.